The minimum Gasteiger partial charge on any atom is -0.260 e. The first-order valence-corrected chi connectivity index (χ1v) is 7.45. The largest absolute Gasteiger partial charge is 0.260 e. The van der Waals surface area contributed by atoms with Crippen molar-refractivity contribution in [2.75, 3.05) is 0 Å². The van der Waals surface area contributed by atoms with E-state index in [-0.39, 0.29) is 10.5 Å². The zero-order valence-corrected chi connectivity index (χ0v) is 11.6. The summed E-state index contributed by atoms with van der Waals surface area (Å²) in [7, 11) is -3.76. The molecule has 0 amide bonds. The van der Waals surface area contributed by atoms with Crippen LogP contribution in [0.5, 0.6) is 0 Å². The van der Waals surface area contributed by atoms with E-state index in [1.54, 1.807) is 43.5 Å². The molecular formula is C14H13N3O2S. The Morgan fingerprint density at radius 3 is 2.55 bits per heavy atom. The number of nitrogens with zero attached hydrogens (tertiary/aromatic N) is 2. The zero-order chi connectivity index (χ0) is 14.6. The van der Waals surface area contributed by atoms with Gasteiger partial charge in [0.1, 0.15) is 6.07 Å². The van der Waals surface area contributed by atoms with Crippen molar-refractivity contribution in [2.24, 2.45) is 0 Å². The lowest BCUT2D eigenvalue weighted by molar-refractivity contribution is 0.563. The van der Waals surface area contributed by atoms with Crippen molar-refractivity contribution in [1.29, 1.82) is 5.26 Å². The number of hydrogen-bond donors (Lipinski definition) is 1. The Labute approximate surface area is 118 Å². The van der Waals surface area contributed by atoms with Crippen LogP contribution in [-0.2, 0) is 10.0 Å². The van der Waals surface area contributed by atoms with Gasteiger partial charge in [-0.15, -0.1) is 0 Å². The van der Waals surface area contributed by atoms with Crippen LogP contribution in [0.4, 0.5) is 0 Å². The highest BCUT2D eigenvalue weighted by Crippen LogP contribution is 2.18. The van der Waals surface area contributed by atoms with Gasteiger partial charge in [-0.2, -0.15) is 5.26 Å². The van der Waals surface area contributed by atoms with Crippen molar-refractivity contribution in [2.45, 2.75) is 17.9 Å². The molecule has 102 valence electrons. The summed E-state index contributed by atoms with van der Waals surface area (Å²) in [5.41, 5.74) is 0.735. The summed E-state index contributed by atoms with van der Waals surface area (Å²) in [5, 5.41) is 8.98. The van der Waals surface area contributed by atoms with Gasteiger partial charge in [-0.25, -0.2) is 13.1 Å². The van der Waals surface area contributed by atoms with Crippen LogP contribution in [0, 0.1) is 11.3 Å². The molecule has 20 heavy (non-hydrogen) atoms. The molecule has 2 rings (SSSR count). The van der Waals surface area contributed by atoms with Crippen molar-refractivity contribution in [3.8, 4) is 6.07 Å². The van der Waals surface area contributed by atoms with E-state index >= 15 is 0 Å². The smallest absolute Gasteiger partial charge is 0.242 e. The molecule has 6 heteroatoms. The maximum Gasteiger partial charge on any atom is 0.242 e. The molecule has 0 aliphatic heterocycles. The predicted octanol–water partition coefficient (Wildman–Crippen LogP) is 1.99. The van der Waals surface area contributed by atoms with Gasteiger partial charge >= 0.3 is 0 Å². The van der Waals surface area contributed by atoms with Crippen molar-refractivity contribution in [3.63, 3.8) is 0 Å². The Kier molecular flexibility index (Phi) is 4.13. The third-order valence-electron chi connectivity index (χ3n) is 2.76. The van der Waals surface area contributed by atoms with E-state index in [1.807, 2.05) is 6.07 Å². The molecule has 0 aliphatic rings. The second-order valence-corrected chi connectivity index (χ2v) is 5.89. The van der Waals surface area contributed by atoms with Gasteiger partial charge in [-0.1, -0.05) is 18.2 Å². The van der Waals surface area contributed by atoms with Crippen LogP contribution in [0.2, 0.25) is 0 Å². The van der Waals surface area contributed by atoms with Gasteiger partial charge in [0.25, 0.3) is 0 Å². The predicted molar refractivity (Wildman–Crippen MR) is 74.1 cm³/mol. The summed E-state index contributed by atoms with van der Waals surface area (Å²) in [4.78, 5) is 4.08. The lowest BCUT2D eigenvalue weighted by Gasteiger charge is -2.14. The highest BCUT2D eigenvalue weighted by atomic mass is 32.2. The molecule has 0 saturated carbocycles. The molecule has 1 atom stereocenters. The molecule has 1 aromatic heterocycles. The van der Waals surface area contributed by atoms with Gasteiger partial charge < -0.3 is 0 Å². The van der Waals surface area contributed by atoms with E-state index in [2.05, 4.69) is 9.71 Å². The molecule has 1 aromatic carbocycles. The molecule has 0 saturated heterocycles. The summed E-state index contributed by atoms with van der Waals surface area (Å²) in [6, 6.07) is 12.8. The number of rotatable bonds is 4. The highest BCUT2D eigenvalue weighted by Gasteiger charge is 2.21. The molecule has 0 bridgehead atoms. The van der Waals surface area contributed by atoms with Gasteiger partial charge in [0.05, 0.1) is 22.2 Å². The van der Waals surface area contributed by atoms with Crippen molar-refractivity contribution in [3.05, 3.63) is 59.9 Å². The number of hydrogen-bond acceptors (Lipinski definition) is 4. The summed E-state index contributed by atoms with van der Waals surface area (Å²) in [5.74, 6) is 0. The van der Waals surface area contributed by atoms with Gasteiger partial charge in [0, 0.05) is 6.20 Å². The first-order chi connectivity index (χ1) is 9.54. The van der Waals surface area contributed by atoms with Crippen LogP contribution in [0.15, 0.2) is 53.6 Å². The van der Waals surface area contributed by atoms with E-state index in [0.717, 1.165) is 0 Å². The maximum atomic E-state index is 12.3. The molecule has 5 nitrogen and oxygen atoms in total. The topological polar surface area (TPSA) is 82.9 Å². The van der Waals surface area contributed by atoms with Gasteiger partial charge in [-0.05, 0) is 31.2 Å². The molecular weight excluding hydrogens is 274 g/mol. The fraction of sp³-hybridized carbons (Fsp3) is 0.143. The zero-order valence-electron chi connectivity index (χ0n) is 10.8. The number of pyridine rings is 1. The van der Waals surface area contributed by atoms with E-state index < -0.39 is 16.1 Å². The van der Waals surface area contributed by atoms with Crippen molar-refractivity contribution >= 4 is 10.0 Å². The monoisotopic (exact) mass is 287 g/mol. The first-order valence-electron chi connectivity index (χ1n) is 5.97. The lowest BCUT2D eigenvalue weighted by Crippen LogP contribution is -2.28. The average molecular weight is 287 g/mol. The molecule has 1 heterocycles. The Morgan fingerprint density at radius 1 is 1.20 bits per heavy atom. The Bertz CT molecular complexity index is 737. The van der Waals surface area contributed by atoms with Crippen LogP contribution in [0.3, 0.4) is 0 Å². The fourth-order valence-electron chi connectivity index (χ4n) is 1.78. The second kappa shape index (κ2) is 5.82. The van der Waals surface area contributed by atoms with Gasteiger partial charge in [0.2, 0.25) is 10.0 Å². The summed E-state index contributed by atoms with van der Waals surface area (Å²) in [6.45, 7) is 1.70. The molecule has 0 spiro atoms. The second-order valence-electron chi connectivity index (χ2n) is 4.21. The molecule has 0 fully saturated rings. The lowest BCUT2D eigenvalue weighted by atomic mass is 10.2. The molecule has 0 radical (unpaired) electrons. The van der Waals surface area contributed by atoms with Crippen molar-refractivity contribution < 1.29 is 8.42 Å². The molecule has 0 aliphatic carbocycles. The van der Waals surface area contributed by atoms with Crippen LogP contribution >= 0.6 is 0 Å². The average Bonchev–Trinajstić information content (AvgIpc) is 2.47. The third kappa shape index (κ3) is 3.02. The highest BCUT2D eigenvalue weighted by molar-refractivity contribution is 7.89. The normalized spacial score (nSPS) is 12.6. The Hall–Kier alpha value is -2.23. The summed E-state index contributed by atoms with van der Waals surface area (Å²) < 4.78 is 27.1. The van der Waals surface area contributed by atoms with E-state index in [9.17, 15) is 8.42 Å². The summed E-state index contributed by atoms with van der Waals surface area (Å²) in [6.07, 6.45) is 1.60. The first kappa shape index (κ1) is 14.2. The van der Waals surface area contributed by atoms with E-state index in [0.29, 0.717) is 5.69 Å². The molecule has 2 aromatic rings. The fourth-order valence-corrected chi connectivity index (χ4v) is 3.16. The maximum absolute atomic E-state index is 12.3. The van der Waals surface area contributed by atoms with Crippen LogP contribution in [0.1, 0.15) is 24.2 Å². The standard InChI is InChI=1S/C14H13N3O2S/c1-11(13-7-4-5-9-16-13)17-20(18,19)14-8-3-2-6-12(14)10-15/h2-9,11,17H,1H3/t11-/m0/s1. The molecule has 1 N–H and O–H groups in total. The third-order valence-corrected chi connectivity index (χ3v) is 4.36. The van der Waals surface area contributed by atoms with Gasteiger partial charge in [0.15, 0.2) is 0 Å². The Morgan fingerprint density at radius 2 is 1.90 bits per heavy atom. The summed E-state index contributed by atoms with van der Waals surface area (Å²) >= 11 is 0. The van der Waals surface area contributed by atoms with Gasteiger partial charge in [-0.3, -0.25) is 4.98 Å². The minimum atomic E-state index is -3.76. The Balaban J connectivity index is 2.31. The SMILES string of the molecule is C[C@H](NS(=O)(=O)c1ccccc1C#N)c1ccccn1. The van der Waals surface area contributed by atoms with E-state index in [1.165, 1.54) is 12.1 Å². The quantitative estimate of drug-likeness (QED) is 0.932. The van der Waals surface area contributed by atoms with E-state index in [4.69, 9.17) is 5.26 Å². The number of sulfonamides is 1. The van der Waals surface area contributed by atoms with Crippen molar-refractivity contribution in [1.82, 2.24) is 9.71 Å². The molecule has 0 unspecified atom stereocenters. The van der Waals surface area contributed by atoms with Crippen LogP contribution in [0.25, 0.3) is 0 Å². The minimum absolute atomic E-state index is 0.0229. The van der Waals surface area contributed by atoms with Crippen LogP contribution < -0.4 is 4.72 Å². The number of benzene rings is 1. The number of aromatic nitrogens is 1. The number of nitrogens with one attached hydrogen (secondary N) is 1. The number of nitriles is 1. The van der Waals surface area contributed by atoms with Crippen LogP contribution in [-0.4, -0.2) is 13.4 Å².